The molecule has 196 valence electrons. The van der Waals surface area contributed by atoms with E-state index < -0.39 is 28.4 Å². The lowest BCUT2D eigenvalue weighted by Gasteiger charge is -2.13. The van der Waals surface area contributed by atoms with Crippen molar-refractivity contribution in [1.29, 1.82) is 0 Å². The summed E-state index contributed by atoms with van der Waals surface area (Å²) >= 11 is 0. The fraction of sp³-hybridized carbons (Fsp3) is 0.231. The molecule has 3 rings (SSSR count). The fourth-order valence-corrected chi connectivity index (χ4v) is 4.37. The molecule has 0 atom stereocenters. The van der Waals surface area contributed by atoms with Gasteiger partial charge < -0.3 is 23.7 Å². The van der Waals surface area contributed by atoms with E-state index in [9.17, 15) is 18.0 Å². The molecular weight excluding hydrogens is 502 g/mol. The molecule has 1 N–H and O–H groups in total. The Hall–Kier alpha value is -4.25. The number of methoxy groups -OCH3 is 3. The summed E-state index contributed by atoms with van der Waals surface area (Å²) in [5, 5.41) is 0. The van der Waals surface area contributed by atoms with Crippen LogP contribution < -0.4 is 23.7 Å². The molecule has 0 radical (unpaired) electrons. The number of ether oxygens (including phenoxy) is 5. The number of ketones is 1. The normalized spacial score (nSPS) is 10.8. The molecule has 0 saturated carbocycles. The number of carbonyl (C=O) groups is 2. The van der Waals surface area contributed by atoms with Crippen molar-refractivity contribution < 1.29 is 41.7 Å². The molecule has 11 heteroatoms. The molecule has 3 aromatic rings. The number of sulfonamides is 1. The third-order valence-corrected chi connectivity index (χ3v) is 6.54. The third kappa shape index (κ3) is 6.70. The van der Waals surface area contributed by atoms with Crippen LogP contribution in [0.15, 0.2) is 65.6 Å². The molecule has 0 heterocycles. The molecule has 10 nitrogen and oxygen atoms in total. The van der Waals surface area contributed by atoms with Crippen LogP contribution in [0.2, 0.25) is 0 Å². The van der Waals surface area contributed by atoms with E-state index in [1.807, 2.05) is 6.92 Å². The Bertz CT molecular complexity index is 1330. The summed E-state index contributed by atoms with van der Waals surface area (Å²) in [5.41, 5.74) is 0.599. The lowest BCUT2D eigenvalue weighted by molar-refractivity contribution is 0.0474. The number of esters is 1. The molecule has 0 aliphatic rings. The van der Waals surface area contributed by atoms with Gasteiger partial charge in [-0.3, -0.25) is 9.52 Å². The number of nitrogens with one attached hydrogen (secondary N) is 1. The van der Waals surface area contributed by atoms with Gasteiger partial charge in [-0.25, -0.2) is 13.2 Å². The summed E-state index contributed by atoms with van der Waals surface area (Å²) in [6.07, 6.45) is 0. The van der Waals surface area contributed by atoms with Crippen molar-refractivity contribution >= 4 is 27.5 Å². The van der Waals surface area contributed by atoms with Crippen molar-refractivity contribution in [1.82, 2.24) is 0 Å². The van der Waals surface area contributed by atoms with Crippen molar-refractivity contribution in [2.75, 3.05) is 39.3 Å². The highest BCUT2D eigenvalue weighted by atomic mass is 32.2. The topological polar surface area (TPSA) is 126 Å². The van der Waals surface area contributed by atoms with E-state index in [-0.39, 0.29) is 21.7 Å². The van der Waals surface area contributed by atoms with Gasteiger partial charge in [-0.05, 0) is 67.6 Å². The van der Waals surface area contributed by atoms with Crippen LogP contribution in [0.25, 0.3) is 0 Å². The summed E-state index contributed by atoms with van der Waals surface area (Å²) < 4.78 is 53.9. The highest BCUT2D eigenvalue weighted by Gasteiger charge is 2.19. The van der Waals surface area contributed by atoms with Crippen LogP contribution in [0.4, 0.5) is 5.69 Å². The summed E-state index contributed by atoms with van der Waals surface area (Å²) in [6, 6.07) is 14.5. The van der Waals surface area contributed by atoms with Crippen LogP contribution in [0.3, 0.4) is 0 Å². The number of rotatable bonds is 12. The third-order valence-electron chi connectivity index (χ3n) is 5.14. The summed E-state index contributed by atoms with van der Waals surface area (Å²) in [5.74, 6) is 0.249. The lowest BCUT2D eigenvalue weighted by Crippen LogP contribution is -2.15. The van der Waals surface area contributed by atoms with Crippen molar-refractivity contribution in [3.8, 4) is 23.0 Å². The van der Waals surface area contributed by atoms with Crippen LogP contribution in [0.1, 0.15) is 27.6 Å². The first kappa shape index (κ1) is 27.3. The number of anilines is 1. The molecule has 0 amide bonds. The van der Waals surface area contributed by atoms with E-state index in [1.54, 1.807) is 12.1 Å². The predicted octanol–water partition coefficient (Wildman–Crippen LogP) is 3.95. The zero-order chi connectivity index (χ0) is 27.0. The maximum atomic E-state index is 12.6. The number of benzene rings is 3. The summed E-state index contributed by atoms with van der Waals surface area (Å²) in [4.78, 5) is 25.1. The molecule has 0 aliphatic heterocycles. The first-order chi connectivity index (χ1) is 17.7. The second-order valence-corrected chi connectivity index (χ2v) is 9.18. The second-order valence-electron chi connectivity index (χ2n) is 7.50. The molecule has 0 aromatic heterocycles. The largest absolute Gasteiger partial charge is 0.494 e. The zero-order valence-electron chi connectivity index (χ0n) is 20.8. The average molecular weight is 530 g/mol. The van der Waals surface area contributed by atoms with E-state index in [0.29, 0.717) is 29.6 Å². The van der Waals surface area contributed by atoms with Gasteiger partial charge in [0.15, 0.2) is 18.1 Å². The van der Waals surface area contributed by atoms with Crippen LogP contribution >= 0.6 is 0 Å². The first-order valence-corrected chi connectivity index (χ1v) is 12.6. The van der Waals surface area contributed by atoms with Crippen LogP contribution in [-0.4, -0.2) is 54.7 Å². The van der Waals surface area contributed by atoms with Crippen molar-refractivity contribution in [3.63, 3.8) is 0 Å². The van der Waals surface area contributed by atoms with Crippen LogP contribution in [0, 0.1) is 0 Å². The Labute approximate surface area is 215 Å². The Morgan fingerprint density at radius 3 is 1.92 bits per heavy atom. The lowest BCUT2D eigenvalue weighted by atomic mass is 10.1. The molecular formula is C26H27NO9S. The van der Waals surface area contributed by atoms with Crippen LogP contribution in [0.5, 0.6) is 23.0 Å². The van der Waals surface area contributed by atoms with Gasteiger partial charge >= 0.3 is 5.97 Å². The summed E-state index contributed by atoms with van der Waals surface area (Å²) in [7, 11) is 0.450. The van der Waals surface area contributed by atoms with Gasteiger partial charge in [0, 0.05) is 11.3 Å². The average Bonchev–Trinajstić information content (AvgIpc) is 2.91. The fourth-order valence-electron chi connectivity index (χ4n) is 3.31. The molecule has 0 bridgehead atoms. The predicted molar refractivity (Wildman–Crippen MR) is 136 cm³/mol. The Kier molecular flexibility index (Phi) is 8.96. The highest BCUT2D eigenvalue weighted by molar-refractivity contribution is 7.92. The second kappa shape index (κ2) is 12.1. The van der Waals surface area contributed by atoms with E-state index in [2.05, 4.69) is 4.72 Å². The van der Waals surface area contributed by atoms with E-state index in [0.717, 1.165) is 0 Å². The van der Waals surface area contributed by atoms with Crippen molar-refractivity contribution in [2.24, 2.45) is 0 Å². The minimum Gasteiger partial charge on any atom is -0.494 e. The zero-order valence-corrected chi connectivity index (χ0v) is 21.6. The van der Waals surface area contributed by atoms with Gasteiger partial charge in [-0.2, -0.15) is 0 Å². The first-order valence-electron chi connectivity index (χ1n) is 11.1. The molecule has 0 aliphatic carbocycles. The van der Waals surface area contributed by atoms with E-state index in [1.165, 1.54) is 69.9 Å². The van der Waals surface area contributed by atoms with E-state index >= 15 is 0 Å². The van der Waals surface area contributed by atoms with Gasteiger partial charge in [0.2, 0.25) is 11.5 Å². The minimum atomic E-state index is -3.84. The van der Waals surface area contributed by atoms with E-state index in [4.69, 9.17) is 23.7 Å². The van der Waals surface area contributed by atoms with Crippen LogP contribution in [-0.2, 0) is 14.8 Å². The number of hydrogen-bond donors (Lipinski definition) is 1. The number of carbonyl (C=O) groups excluding carboxylic acids is 2. The van der Waals surface area contributed by atoms with Gasteiger partial charge in [0.1, 0.15) is 5.75 Å². The van der Waals surface area contributed by atoms with Crippen molar-refractivity contribution in [2.45, 2.75) is 11.8 Å². The summed E-state index contributed by atoms with van der Waals surface area (Å²) in [6.45, 7) is 1.78. The quantitative estimate of drug-likeness (QED) is 0.274. The monoisotopic (exact) mass is 529 g/mol. The Balaban J connectivity index is 1.63. The van der Waals surface area contributed by atoms with Gasteiger partial charge in [0.25, 0.3) is 10.0 Å². The molecule has 0 fully saturated rings. The molecule has 37 heavy (non-hydrogen) atoms. The maximum Gasteiger partial charge on any atom is 0.338 e. The van der Waals surface area contributed by atoms with Gasteiger partial charge in [-0.1, -0.05) is 0 Å². The smallest absolute Gasteiger partial charge is 0.338 e. The van der Waals surface area contributed by atoms with Gasteiger partial charge in [0.05, 0.1) is 38.4 Å². The highest BCUT2D eigenvalue weighted by Crippen LogP contribution is 2.38. The molecule has 0 saturated heterocycles. The molecule has 3 aromatic carbocycles. The molecule has 0 unspecified atom stereocenters. The Morgan fingerprint density at radius 1 is 0.811 bits per heavy atom. The van der Waals surface area contributed by atoms with Gasteiger partial charge in [-0.15, -0.1) is 0 Å². The Morgan fingerprint density at radius 2 is 1.41 bits per heavy atom. The minimum absolute atomic E-state index is 0.0599. The molecule has 0 spiro atoms. The number of Topliss-reactive ketones (excluding diaryl/α,β-unsaturated/α-hetero) is 1. The maximum absolute atomic E-state index is 12.6. The standard InChI is InChI=1S/C26H27NO9S/c1-5-35-20-10-12-21(13-11-20)37(30,31)27-19-8-6-17(7-9-19)26(29)36-16-22(28)18-14-23(32-2)25(34-4)24(15-18)33-3/h6-15,27H,5,16H2,1-4H3. The SMILES string of the molecule is CCOc1ccc(S(=O)(=O)Nc2ccc(C(=O)OCC(=O)c3cc(OC)c(OC)c(OC)c3)cc2)cc1. The number of hydrogen-bond acceptors (Lipinski definition) is 9. The van der Waals surface area contributed by atoms with Crippen molar-refractivity contribution in [3.05, 3.63) is 71.8 Å².